The van der Waals surface area contributed by atoms with Crippen LogP contribution in [0.25, 0.3) is 0 Å². The summed E-state index contributed by atoms with van der Waals surface area (Å²) in [5, 5.41) is 14.9. The number of benzene rings is 3. The number of carbonyl (C=O) groups is 1. The van der Waals surface area contributed by atoms with Crippen molar-refractivity contribution in [1.82, 2.24) is 10.4 Å². The van der Waals surface area contributed by atoms with Gasteiger partial charge in [0.15, 0.2) is 9.84 Å². The molecular formula is C26H27ClN2O4S. The zero-order valence-electron chi connectivity index (χ0n) is 19.1. The van der Waals surface area contributed by atoms with Gasteiger partial charge >= 0.3 is 0 Å². The lowest BCUT2D eigenvalue weighted by molar-refractivity contribution is -0.174. The SMILES string of the molecule is Cc1cccc(C(C)N(O)C(=O)Cc2ccc(S(=O)(=O)Cc3ccc4c(c3)CNC4)cc2)c1Cl. The molecule has 0 fully saturated rings. The van der Waals surface area contributed by atoms with Crippen LogP contribution < -0.4 is 5.32 Å². The smallest absolute Gasteiger partial charge is 0.250 e. The average molecular weight is 499 g/mol. The third-order valence-corrected chi connectivity index (χ3v) is 8.41. The minimum Gasteiger partial charge on any atom is -0.309 e. The molecule has 1 aliphatic heterocycles. The summed E-state index contributed by atoms with van der Waals surface area (Å²) in [6.07, 6.45) is -0.0670. The number of nitrogens with zero attached hydrogens (tertiary/aromatic N) is 1. The highest BCUT2D eigenvalue weighted by atomic mass is 35.5. The van der Waals surface area contributed by atoms with Crippen LogP contribution in [0.15, 0.2) is 65.6 Å². The molecular weight excluding hydrogens is 472 g/mol. The maximum atomic E-state index is 12.9. The van der Waals surface area contributed by atoms with Crippen LogP contribution in [0.4, 0.5) is 0 Å². The second-order valence-electron chi connectivity index (χ2n) is 8.68. The summed E-state index contributed by atoms with van der Waals surface area (Å²) < 4.78 is 25.8. The van der Waals surface area contributed by atoms with Gasteiger partial charge in [0.05, 0.1) is 23.1 Å². The minimum absolute atomic E-state index is 0.0670. The van der Waals surface area contributed by atoms with Crippen LogP contribution in [0.2, 0.25) is 5.02 Å². The fourth-order valence-electron chi connectivity index (χ4n) is 4.15. The van der Waals surface area contributed by atoms with Gasteiger partial charge < -0.3 is 5.32 Å². The summed E-state index contributed by atoms with van der Waals surface area (Å²) in [7, 11) is -3.53. The zero-order valence-corrected chi connectivity index (χ0v) is 20.7. The molecule has 8 heteroatoms. The Morgan fingerprint density at radius 1 is 1.06 bits per heavy atom. The summed E-state index contributed by atoms with van der Waals surface area (Å²) in [5.41, 5.74) is 5.21. The van der Waals surface area contributed by atoms with Gasteiger partial charge in [-0.1, -0.05) is 60.1 Å². The van der Waals surface area contributed by atoms with Crippen LogP contribution in [0, 0.1) is 6.92 Å². The van der Waals surface area contributed by atoms with E-state index in [0.717, 1.165) is 29.8 Å². The Labute approximate surface area is 205 Å². The molecule has 1 atom stereocenters. The monoisotopic (exact) mass is 498 g/mol. The number of halogens is 1. The van der Waals surface area contributed by atoms with E-state index < -0.39 is 21.8 Å². The molecule has 1 amide bonds. The molecule has 1 aliphatic rings. The van der Waals surface area contributed by atoms with Crippen LogP contribution >= 0.6 is 11.6 Å². The van der Waals surface area contributed by atoms with Crippen LogP contribution in [0.5, 0.6) is 0 Å². The Morgan fingerprint density at radius 3 is 2.47 bits per heavy atom. The Morgan fingerprint density at radius 2 is 1.74 bits per heavy atom. The largest absolute Gasteiger partial charge is 0.309 e. The number of carbonyl (C=O) groups excluding carboxylic acids is 1. The quantitative estimate of drug-likeness (QED) is 0.362. The molecule has 6 nitrogen and oxygen atoms in total. The normalized spacial score (nSPS) is 14.0. The van der Waals surface area contributed by atoms with E-state index in [1.54, 1.807) is 25.1 Å². The molecule has 1 heterocycles. The van der Waals surface area contributed by atoms with E-state index in [0.29, 0.717) is 21.2 Å². The molecule has 2 N–H and O–H groups in total. The second-order valence-corrected chi connectivity index (χ2v) is 11.0. The van der Waals surface area contributed by atoms with Crippen molar-refractivity contribution in [3.63, 3.8) is 0 Å². The van der Waals surface area contributed by atoms with Gasteiger partial charge in [0.25, 0.3) is 5.91 Å². The molecule has 0 saturated carbocycles. The number of sulfone groups is 1. The van der Waals surface area contributed by atoms with Gasteiger partial charge in [-0.2, -0.15) is 0 Å². The highest BCUT2D eigenvalue weighted by Gasteiger charge is 2.23. The Balaban J connectivity index is 1.42. The predicted molar refractivity (Wildman–Crippen MR) is 131 cm³/mol. The first-order valence-corrected chi connectivity index (χ1v) is 13.1. The lowest BCUT2D eigenvalue weighted by Gasteiger charge is -2.24. The number of fused-ring (bicyclic) bond motifs is 1. The van der Waals surface area contributed by atoms with Crippen LogP contribution in [0.3, 0.4) is 0 Å². The summed E-state index contributed by atoms with van der Waals surface area (Å²) in [6.45, 7) is 5.12. The maximum Gasteiger partial charge on any atom is 0.250 e. The first-order chi connectivity index (χ1) is 16.2. The van der Waals surface area contributed by atoms with Crippen molar-refractivity contribution in [1.29, 1.82) is 0 Å². The number of amides is 1. The van der Waals surface area contributed by atoms with E-state index >= 15 is 0 Å². The van der Waals surface area contributed by atoms with E-state index in [1.165, 1.54) is 17.7 Å². The standard InChI is InChI=1S/C26H27ClN2O4S/c1-17-4-3-5-24(26(17)27)18(2)29(31)25(30)13-19-7-10-23(11-8-19)34(32,33)16-20-6-9-21-14-28-15-22(21)12-20/h3-12,18,28,31H,13-16H2,1-2H3. The molecule has 0 saturated heterocycles. The summed E-state index contributed by atoms with van der Waals surface area (Å²) in [5.74, 6) is -0.593. The highest BCUT2D eigenvalue weighted by molar-refractivity contribution is 7.90. The molecule has 0 aromatic heterocycles. The van der Waals surface area contributed by atoms with Gasteiger partial charge in [-0.05, 0) is 59.4 Å². The lowest BCUT2D eigenvalue weighted by Crippen LogP contribution is -2.31. The van der Waals surface area contributed by atoms with Crippen molar-refractivity contribution >= 4 is 27.3 Å². The number of rotatable bonds is 7. The molecule has 0 bridgehead atoms. The first kappa shape index (κ1) is 24.4. The fraction of sp³-hybridized carbons (Fsp3) is 0.269. The molecule has 0 radical (unpaired) electrons. The Bertz CT molecular complexity index is 1320. The summed E-state index contributed by atoms with van der Waals surface area (Å²) >= 11 is 6.33. The van der Waals surface area contributed by atoms with Crippen molar-refractivity contribution in [3.05, 3.63) is 99.1 Å². The summed E-state index contributed by atoms with van der Waals surface area (Å²) in [4.78, 5) is 12.8. The highest BCUT2D eigenvalue weighted by Crippen LogP contribution is 2.29. The second kappa shape index (κ2) is 9.88. The maximum absolute atomic E-state index is 12.9. The molecule has 34 heavy (non-hydrogen) atoms. The van der Waals surface area contributed by atoms with E-state index in [9.17, 15) is 18.4 Å². The van der Waals surface area contributed by atoms with E-state index in [2.05, 4.69) is 5.32 Å². The summed E-state index contributed by atoms with van der Waals surface area (Å²) in [6, 6.07) is 16.8. The zero-order chi connectivity index (χ0) is 24.5. The molecule has 178 valence electrons. The van der Waals surface area contributed by atoms with Crippen LogP contribution in [-0.2, 0) is 39.9 Å². The third-order valence-electron chi connectivity index (χ3n) is 6.19. The number of hydrogen-bond donors (Lipinski definition) is 2. The first-order valence-electron chi connectivity index (χ1n) is 11.0. The van der Waals surface area contributed by atoms with Gasteiger partial charge in [-0.15, -0.1) is 0 Å². The van der Waals surface area contributed by atoms with Gasteiger partial charge in [0.2, 0.25) is 0 Å². The van der Waals surface area contributed by atoms with Gasteiger partial charge in [0.1, 0.15) is 0 Å². The number of nitrogens with one attached hydrogen (secondary N) is 1. The van der Waals surface area contributed by atoms with E-state index in [4.69, 9.17) is 11.6 Å². The van der Waals surface area contributed by atoms with Crippen molar-refractivity contribution in [2.24, 2.45) is 0 Å². The van der Waals surface area contributed by atoms with Crippen LogP contribution in [0.1, 0.15) is 46.3 Å². The molecule has 0 aliphatic carbocycles. The topological polar surface area (TPSA) is 86.7 Å². The Hall–Kier alpha value is -2.71. The minimum atomic E-state index is -3.53. The molecule has 4 rings (SSSR count). The number of hydroxylamine groups is 2. The van der Waals surface area contributed by atoms with Crippen molar-refractivity contribution < 1.29 is 18.4 Å². The van der Waals surface area contributed by atoms with Crippen molar-refractivity contribution in [2.75, 3.05) is 0 Å². The molecule has 3 aromatic rings. The number of hydrogen-bond acceptors (Lipinski definition) is 5. The molecule has 0 spiro atoms. The lowest BCUT2D eigenvalue weighted by atomic mass is 10.0. The third kappa shape index (κ3) is 5.18. The van der Waals surface area contributed by atoms with E-state index in [-0.39, 0.29) is 17.1 Å². The Kier molecular flexibility index (Phi) is 7.09. The molecule has 3 aromatic carbocycles. The van der Waals surface area contributed by atoms with E-state index in [1.807, 2.05) is 37.3 Å². The predicted octanol–water partition coefficient (Wildman–Crippen LogP) is 4.75. The van der Waals surface area contributed by atoms with Crippen molar-refractivity contribution in [2.45, 2.75) is 50.0 Å². The van der Waals surface area contributed by atoms with Gasteiger partial charge in [0, 0.05) is 18.1 Å². The number of aryl methyl sites for hydroxylation is 1. The van der Waals surface area contributed by atoms with Gasteiger partial charge in [-0.25, -0.2) is 13.5 Å². The van der Waals surface area contributed by atoms with Gasteiger partial charge in [-0.3, -0.25) is 10.0 Å². The molecule has 1 unspecified atom stereocenters. The van der Waals surface area contributed by atoms with Crippen molar-refractivity contribution in [3.8, 4) is 0 Å². The fourth-order valence-corrected chi connectivity index (χ4v) is 5.77. The van der Waals surface area contributed by atoms with Crippen LogP contribution in [-0.4, -0.2) is 24.6 Å². The average Bonchev–Trinajstić information content (AvgIpc) is 3.28.